The summed E-state index contributed by atoms with van der Waals surface area (Å²) in [6.45, 7) is 0. The summed E-state index contributed by atoms with van der Waals surface area (Å²) in [5, 5.41) is 11.8. The Bertz CT molecular complexity index is 1410. The van der Waals surface area contributed by atoms with Crippen molar-refractivity contribution in [2.75, 3.05) is 4.90 Å². The molecular formula is C25H15ClFNO4. The molecule has 1 unspecified atom stereocenters. The summed E-state index contributed by atoms with van der Waals surface area (Å²) in [7, 11) is 0. The highest BCUT2D eigenvalue weighted by atomic mass is 35.5. The van der Waals surface area contributed by atoms with Crippen LogP contribution in [0.4, 0.5) is 10.1 Å². The lowest BCUT2D eigenvalue weighted by atomic mass is 9.95. The summed E-state index contributed by atoms with van der Waals surface area (Å²) < 4.78 is 19.6. The summed E-state index contributed by atoms with van der Waals surface area (Å²) >= 11 is 6.02. The van der Waals surface area contributed by atoms with Crippen LogP contribution in [-0.4, -0.2) is 16.8 Å². The van der Waals surface area contributed by atoms with Crippen LogP contribution in [0.15, 0.2) is 94.6 Å². The highest BCUT2D eigenvalue weighted by Crippen LogP contribution is 2.42. The Kier molecular flexibility index (Phi) is 4.79. The third kappa shape index (κ3) is 3.25. The van der Waals surface area contributed by atoms with Gasteiger partial charge in [-0.1, -0.05) is 48.0 Å². The van der Waals surface area contributed by atoms with Crippen LogP contribution in [0.2, 0.25) is 5.02 Å². The number of carbonyl (C=O) groups is 2. The summed E-state index contributed by atoms with van der Waals surface area (Å²) in [5.41, 5.74) is 1.10. The fourth-order valence-electron chi connectivity index (χ4n) is 3.94. The molecule has 1 aliphatic heterocycles. The minimum absolute atomic E-state index is 0.0429. The quantitative estimate of drug-likeness (QED) is 0.389. The predicted octanol–water partition coefficient (Wildman–Crippen LogP) is 6.01. The molecule has 3 aromatic carbocycles. The van der Waals surface area contributed by atoms with Gasteiger partial charge in [0, 0.05) is 16.1 Å². The van der Waals surface area contributed by atoms with Crippen LogP contribution in [-0.2, 0) is 4.79 Å². The number of anilines is 1. The van der Waals surface area contributed by atoms with Gasteiger partial charge in [-0.05, 0) is 48.0 Å². The summed E-state index contributed by atoms with van der Waals surface area (Å²) in [5.74, 6) is -2.73. The van der Waals surface area contributed by atoms with Gasteiger partial charge in [-0.2, -0.15) is 0 Å². The molecule has 0 fully saturated rings. The molecule has 5 nitrogen and oxygen atoms in total. The number of amides is 1. The highest BCUT2D eigenvalue weighted by Gasteiger charge is 2.45. The SMILES string of the molecule is O=C(C1=C(O)C(=O)N(c2cccc(F)c2)C1c1ccccc1)c1cc2cc(Cl)ccc2o1. The minimum atomic E-state index is -0.963. The third-order valence-electron chi connectivity index (χ3n) is 5.36. The van der Waals surface area contributed by atoms with E-state index in [1.165, 1.54) is 29.2 Å². The predicted molar refractivity (Wildman–Crippen MR) is 118 cm³/mol. The van der Waals surface area contributed by atoms with Crippen LogP contribution in [0, 0.1) is 5.82 Å². The van der Waals surface area contributed by atoms with Gasteiger partial charge in [-0.3, -0.25) is 14.5 Å². The van der Waals surface area contributed by atoms with Gasteiger partial charge < -0.3 is 9.52 Å². The van der Waals surface area contributed by atoms with Crippen LogP contribution in [0.5, 0.6) is 0 Å². The fourth-order valence-corrected chi connectivity index (χ4v) is 4.12. The Labute approximate surface area is 186 Å². The summed E-state index contributed by atoms with van der Waals surface area (Å²) in [4.78, 5) is 27.8. The lowest BCUT2D eigenvalue weighted by Gasteiger charge is -2.26. The number of ketones is 1. The molecule has 1 N–H and O–H groups in total. The number of aliphatic hydroxyl groups excluding tert-OH is 1. The Morgan fingerprint density at radius 2 is 1.78 bits per heavy atom. The Morgan fingerprint density at radius 1 is 1.00 bits per heavy atom. The first-order valence-corrected chi connectivity index (χ1v) is 10.1. The molecule has 7 heteroatoms. The van der Waals surface area contributed by atoms with Crippen molar-refractivity contribution >= 4 is 39.9 Å². The molecule has 158 valence electrons. The van der Waals surface area contributed by atoms with E-state index in [9.17, 15) is 19.1 Å². The van der Waals surface area contributed by atoms with Gasteiger partial charge in [-0.15, -0.1) is 0 Å². The topological polar surface area (TPSA) is 70.8 Å². The van der Waals surface area contributed by atoms with E-state index in [1.54, 1.807) is 54.6 Å². The molecule has 5 rings (SSSR count). The van der Waals surface area contributed by atoms with Crippen LogP contribution in [0.1, 0.15) is 22.2 Å². The molecule has 0 bridgehead atoms. The van der Waals surface area contributed by atoms with Crippen molar-refractivity contribution in [1.29, 1.82) is 0 Å². The minimum Gasteiger partial charge on any atom is -0.503 e. The Hall–Kier alpha value is -3.90. The average Bonchev–Trinajstić information content (AvgIpc) is 3.32. The number of halogens is 2. The Balaban J connectivity index is 1.66. The number of hydrogen-bond donors (Lipinski definition) is 1. The van der Waals surface area contributed by atoms with Gasteiger partial charge >= 0.3 is 0 Å². The number of Topliss-reactive ketones (excluding diaryl/α,β-unsaturated/α-hetero) is 1. The summed E-state index contributed by atoms with van der Waals surface area (Å²) in [6, 6.07) is 19.7. The second-order valence-corrected chi connectivity index (χ2v) is 7.79. The Morgan fingerprint density at radius 3 is 2.53 bits per heavy atom. The number of aliphatic hydroxyl groups is 1. The molecule has 2 heterocycles. The highest BCUT2D eigenvalue weighted by molar-refractivity contribution is 6.31. The van der Waals surface area contributed by atoms with Crippen molar-refractivity contribution in [3.8, 4) is 0 Å². The van der Waals surface area contributed by atoms with Crippen molar-refractivity contribution in [1.82, 2.24) is 0 Å². The molecule has 0 spiro atoms. The number of hydrogen-bond acceptors (Lipinski definition) is 4. The maximum absolute atomic E-state index is 13.9. The van der Waals surface area contributed by atoms with Gasteiger partial charge in [-0.25, -0.2) is 4.39 Å². The number of carbonyl (C=O) groups excluding carboxylic acids is 2. The van der Waals surface area contributed by atoms with Crippen molar-refractivity contribution in [3.05, 3.63) is 112 Å². The normalized spacial score (nSPS) is 16.2. The lowest BCUT2D eigenvalue weighted by molar-refractivity contribution is -0.117. The second-order valence-electron chi connectivity index (χ2n) is 7.35. The van der Waals surface area contributed by atoms with Gasteiger partial charge in [0.25, 0.3) is 5.91 Å². The molecule has 1 aliphatic rings. The zero-order chi connectivity index (χ0) is 22.4. The number of nitrogens with zero attached hydrogens (tertiary/aromatic N) is 1. The van der Waals surface area contributed by atoms with Crippen molar-refractivity contribution in [2.24, 2.45) is 0 Å². The van der Waals surface area contributed by atoms with Crippen molar-refractivity contribution in [2.45, 2.75) is 6.04 Å². The van der Waals surface area contributed by atoms with E-state index in [0.717, 1.165) is 0 Å². The molecule has 4 aromatic rings. The maximum Gasteiger partial charge on any atom is 0.294 e. The first kappa shape index (κ1) is 20.0. The maximum atomic E-state index is 13.9. The smallest absolute Gasteiger partial charge is 0.294 e. The van der Waals surface area contributed by atoms with E-state index < -0.39 is 29.3 Å². The third-order valence-corrected chi connectivity index (χ3v) is 5.59. The molecular weight excluding hydrogens is 433 g/mol. The van der Waals surface area contributed by atoms with E-state index in [0.29, 0.717) is 21.6 Å². The largest absolute Gasteiger partial charge is 0.503 e. The molecule has 0 saturated heterocycles. The number of benzene rings is 3. The zero-order valence-electron chi connectivity index (χ0n) is 16.5. The monoisotopic (exact) mass is 447 g/mol. The van der Waals surface area contributed by atoms with E-state index in [1.807, 2.05) is 0 Å². The molecule has 0 saturated carbocycles. The number of rotatable bonds is 4. The second kappa shape index (κ2) is 7.66. The lowest BCUT2D eigenvalue weighted by Crippen LogP contribution is -2.31. The van der Waals surface area contributed by atoms with Gasteiger partial charge in [0.2, 0.25) is 5.78 Å². The molecule has 1 aromatic heterocycles. The number of fused-ring (bicyclic) bond motifs is 1. The average molecular weight is 448 g/mol. The van der Waals surface area contributed by atoms with Crippen LogP contribution in [0.3, 0.4) is 0 Å². The van der Waals surface area contributed by atoms with Gasteiger partial charge in [0.15, 0.2) is 11.5 Å². The molecule has 1 atom stereocenters. The molecule has 32 heavy (non-hydrogen) atoms. The molecule has 0 aliphatic carbocycles. The molecule has 1 amide bonds. The number of furan rings is 1. The van der Waals surface area contributed by atoms with Crippen LogP contribution >= 0.6 is 11.6 Å². The van der Waals surface area contributed by atoms with Crippen LogP contribution < -0.4 is 4.90 Å². The van der Waals surface area contributed by atoms with Crippen molar-refractivity contribution in [3.63, 3.8) is 0 Å². The van der Waals surface area contributed by atoms with E-state index in [-0.39, 0.29) is 17.0 Å². The van der Waals surface area contributed by atoms with E-state index in [4.69, 9.17) is 16.0 Å². The van der Waals surface area contributed by atoms with Gasteiger partial charge in [0.1, 0.15) is 11.4 Å². The van der Waals surface area contributed by atoms with E-state index >= 15 is 0 Å². The first-order chi connectivity index (χ1) is 15.4. The summed E-state index contributed by atoms with van der Waals surface area (Å²) in [6.07, 6.45) is 0. The van der Waals surface area contributed by atoms with E-state index in [2.05, 4.69) is 0 Å². The fraction of sp³-hybridized carbons (Fsp3) is 0.0400. The van der Waals surface area contributed by atoms with Gasteiger partial charge in [0.05, 0.1) is 11.6 Å². The first-order valence-electron chi connectivity index (χ1n) is 9.75. The van der Waals surface area contributed by atoms with Crippen LogP contribution in [0.25, 0.3) is 11.0 Å². The van der Waals surface area contributed by atoms with Crippen molar-refractivity contribution < 1.29 is 23.5 Å². The standard InChI is InChI=1S/C25H15ClFNO4/c26-16-9-10-19-15(11-16)12-20(32-19)23(29)21-22(14-5-2-1-3-6-14)28(25(31)24(21)30)18-8-4-7-17(27)13-18/h1-13,22,30H. The zero-order valence-corrected chi connectivity index (χ0v) is 17.2. The molecule has 0 radical (unpaired) electrons.